The first kappa shape index (κ1) is 17.2. The molecule has 2 aromatic carbocycles. The summed E-state index contributed by atoms with van der Waals surface area (Å²) in [6.45, 7) is 3.74. The topological polar surface area (TPSA) is 66.5 Å². The number of imide groups is 1. The number of benzene rings is 2. The van der Waals surface area contributed by atoms with Crippen molar-refractivity contribution in [2.45, 2.75) is 25.5 Å². The molecule has 1 heterocycles. The first-order valence-electron chi connectivity index (χ1n) is 7.93. The van der Waals surface area contributed by atoms with Gasteiger partial charge < -0.3 is 5.32 Å². The third kappa shape index (κ3) is 3.58. The Bertz CT molecular complexity index is 850. The van der Waals surface area contributed by atoms with Gasteiger partial charge in [-0.2, -0.15) is 0 Å². The molecule has 0 radical (unpaired) electrons. The van der Waals surface area contributed by atoms with Crippen molar-refractivity contribution in [2.75, 3.05) is 10.2 Å². The van der Waals surface area contributed by atoms with E-state index in [1.165, 1.54) is 4.90 Å². The Morgan fingerprint density at radius 1 is 1.04 bits per heavy atom. The number of hydrogen-bond acceptors (Lipinski definition) is 4. The highest BCUT2D eigenvalue weighted by Gasteiger charge is 2.42. The number of hydrogen-bond donors (Lipinski definition) is 1. The van der Waals surface area contributed by atoms with Crippen LogP contribution in [0.15, 0.2) is 48.5 Å². The normalized spacial score (nSPS) is 17.0. The van der Waals surface area contributed by atoms with Crippen molar-refractivity contribution in [1.29, 1.82) is 0 Å². The maximum Gasteiger partial charge on any atom is 0.293 e. The van der Waals surface area contributed by atoms with Gasteiger partial charge in [0.1, 0.15) is 5.25 Å². The minimum Gasteiger partial charge on any atom is -0.326 e. The minimum atomic E-state index is -0.698. The van der Waals surface area contributed by atoms with Crippen LogP contribution in [-0.4, -0.2) is 22.3 Å². The van der Waals surface area contributed by atoms with Gasteiger partial charge in [0.05, 0.1) is 5.69 Å². The zero-order valence-corrected chi connectivity index (χ0v) is 14.8. The number of carbonyl (C=O) groups excluding carboxylic acids is 3. The van der Waals surface area contributed by atoms with Gasteiger partial charge in [0, 0.05) is 12.1 Å². The fourth-order valence-corrected chi connectivity index (χ4v) is 3.68. The second-order valence-electron chi connectivity index (χ2n) is 5.90. The van der Waals surface area contributed by atoms with Gasteiger partial charge in [0.2, 0.25) is 11.8 Å². The lowest BCUT2D eigenvalue weighted by molar-refractivity contribution is -0.121. The maximum atomic E-state index is 12.6. The van der Waals surface area contributed by atoms with Gasteiger partial charge in [-0.1, -0.05) is 36.4 Å². The third-order valence-corrected chi connectivity index (χ3v) is 5.10. The van der Waals surface area contributed by atoms with Crippen molar-refractivity contribution in [3.8, 4) is 0 Å². The van der Waals surface area contributed by atoms with Gasteiger partial charge in [-0.05, 0) is 48.9 Å². The number of para-hydroxylation sites is 2. The van der Waals surface area contributed by atoms with E-state index in [1.54, 1.807) is 12.1 Å². The Kier molecular flexibility index (Phi) is 4.90. The number of aryl methyl sites for hydroxylation is 2. The molecule has 0 aromatic heterocycles. The van der Waals surface area contributed by atoms with E-state index in [1.807, 2.05) is 50.2 Å². The lowest BCUT2D eigenvalue weighted by atomic mass is 10.1. The molecule has 6 heteroatoms. The Hall–Kier alpha value is -2.60. The van der Waals surface area contributed by atoms with Gasteiger partial charge in [-0.3, -0.25) is 14.4 Å². The summed E-state index contributed by atoms with van der Waals surface area (Å²) >= 11 is 0.905. The Balaban J connectivity index is 1.71. The third-order valence-electron chi connectivity index (χ3n) is 4.07. The van der Waals surface area contributed by atoms with E-state index in [9.17, 15) is 14.4 Å². The zero-order valence-electron chi connectivity index (χ0n) is 14.0. The van der Waals surface area contributed by atoms with Crippen molar-refractivity contribution < 1.29 is 14.4 Å². The molecule has 3 amide bonds. The molecular weight excluding hydrogens is 336 g/mol. The summed E-state index contributed by atoms with van der Waals surface area (Å²) in [5, 5.41) is 1.77. The van der Waals surface area contributed by atoms with Crippen LogP contribution in [-0.2, 0) is 9.59 Å². The molecule has 3 rings (SSSR count). The van der Waals surface area contributed by atoms with E-state index in [-0.39, 0.29) is 23.5 Å². The summed E-state index contributed by atoms with van der Waals surface area (Å²) in [7, 11) is 0. The van der Waals surface area contributed by atoms with Crippen molar-refractivity contribution in [3.63, 3.8) is 0 Å². The predicted molar refractivity (Wildman–Crippen MR) is 99.9 cm³/mol. The predicted octanol–water partition coefficient (Wildman–Crippen LogP) is 3.90. The highest BCUT2D eigenvalue weighted by Crippen LogP contribution is 2.35. The lowest BCUT2D eigenvalue weighted by Crippen LogP contribution is -2.33. The number of rotatable bonds is 4. The van der Waals surface area contributed by atoms with Crippen LogP contribution < -0.4 is 10.2 Å². The molecule has 1 saturated heterocycles. The van der Waals surface area contributed by atoms with Gasteiger partial charge in [-0.25, -0.2) is 4.90 Å². The number of anilines is 2. The molecule has 2 aromatic rings. The van der Waals surface area contributed by atoms with Crippen molar-refractivity contribution in [1.82, 2.24) is 0 Å². The Morgan fingerprint density at radius 2 is 1.68 bits per heavy atom. The summed E-state index contributed by atoms with van der Waals surface area (Å²) in [6.07, 6.45) is -0.0358. The van der Waals surface area contributed by atoms with Crippen molar-refractivity contribution in [2.24, 2.45) is 0 Å². The molecule has 25 heavy (non-hydrogen) atoms. The quantitative estimate of drug-likeness (QED) is 0.904. The molecule has 1 fully saturated rings. The minimum absolute atomic E-state index is 0.0358. The highest BCUT2D eigenvalue weighted by molar-refractivity contribution is 8.15. The summed E-state index contributed by atoms with van der Waals surface area (Å²) in [4.78, 5) is 38.4. The largest absolute Gasteiger partial charge is 0.326 e. The summed E-state index contributed by atoms with van der Waals surface area (Å²) in [5.41, 5.74) is 3.07. The van der Waals surface area contributed by atoms with Crippen LogP contribution >= 0.6 is 11.8 Å². The first-order chi connectivity index (χ1) is 12.0. The molecule has 128 valence electrons. The molecule has 1 N–H and O–H groups in total. The summed E-state index contributed by atoms with van der Waals surface area (Å²) < 4.78 is 0. The molecule has 0 spiro atoms. The first-order valence-corrected chi connectivity index (χ1v) is 8.81. The molecule has 1 aliphatic heterocycles. The van der Waals surface area contributed by atoms with E-state index >= 15 is 0 Å². The van der Waals surface area contributed by atoms with Gasteiger partial charge in [-0.15, -0.1) is 0 Å². The van der Waals surface area contributed by atoms with E-state index in [2.05, 4.69) is 5.32 Å². The standard InChI is InChI=1S/C19H18N2O3S/c1-12-7-3-5-9-14(12)20-17(22)11-16-18(23)21(19(24)25-16)15-10-6-4-8-13(15)2/h3-10,16H,11H2,1-2H3,(H,20,22)/t16-/m1/s1. The number of thioether (sulfide) groups is 1. The van der Waals surface area contributed by atoms with Crippen LogP contribution in [0.1, 0.15) is 17.5 Å². The Morgan fingerprint density at radius 3 is 2.36 bits per heavy atom. The monoisotopic (exact) mass is 354 g/mol. The second kappa shape index (κ2) is 7.11. The second-order valence-corrected chi connectivity index (χ2v) is 7.05. The molecule has 0 saturated carbocycles. The van der Waals surface area contributed by atoms with Crippen LogP contribution in [0, 0.1) is 13.8 Å². The van der Waals surface area contributed by atoms with Gasteiger partial charge >= 0.3 is 0 Å². The molecule has 0 bridgehead atoms. The molecule has 5 nitrogen and oxygen atoms in total. The smallest absolute Gasteiger partial charge is 0.293 e. The van der Waals surface area contributed by atoms with Gasteiger partial charge in [0.25, 0.3) is 5.24 Å². The highest BCUT2D eigenvalue weighted by atomic mass is 32.2. The Labute approximate surface area is 150 Å². The molecule has 1 aliphatic rings. The molecular formula is C19H18N2O3S. The van der Waals surface area contributed by atoms with Crippen LogP contribution in [0.2, 0.25) is 0 Å². The van der Waals surface area contributed by atoms with Crippen LogP contribution in [0.5, 0.6) is 0 Å². The summed E-state index contributed by atoms with van der Waals surface area (Å²) in [6, 6.07) is 14.6. The number of amides is 3. The average molecular weight is 354 g/mol. The molecule has 0 unspecified atom stereocenters. The fraction of sp³-hybridized carbons (Fsp3) is 0.211. The molecule has 0 aliphatic carbocycles. The van der Waals surface area contributed by atoms with Crippen LogP contribution in [0.3, 0.4) is 0 Å². The number of nitrogens with one attached hydrogen (secondary N) is 1. The lowest BCUT2D eigenvalue weighted by Gasteiger charge is -2.16. The van der Waals surface area contributed by atoms with Crippen molar-refractivity contribution in [3.05, 3.63) is 59.7 Å². The zero-order chi connectivity index (χ0) is 18.0. The SMILES string of the molecule is Cc1ccccc1NC(=O)C[C@H]1SC(=O)N(c2ccccc2C)C1=O. The fourth-order valence-electron chi connectivity index (χ4n) is 2.70. The maximum absolute atomic E-state index is 12.6. The number of carbonyl (C=O) groups is 3. The van der Waals surface area contributed by atoms with Gasteiger partial charge in [0.15, 0.2) is 0 Å². The molecule has 1 atom stereocenters. The van der Waals surface area contributed by atoms with E-state index in [4.69, 9.17) is 0 Å². The van der Waals surface area contributed by atoms with E-state index in [0.717, 1.165) is 22.9 Å². The van der Waals surface area contributed by atoms with E-state index < -0.39 is 5.25 Å². The summed E-state index contributed by atoms with van der Waals surface area (Å²) in [5.74, 6) is -0.621. The van der Waals surface area contributed by atoms with Crippen LogP contribution in [0.25, 0.3) is 0 Å². The average Bonchev–Trinajstić information content (AvgIpc) is 2.84. The number of nitrogens with zero attached hydrogens (tertiary/aromatic N) is 1. The van der Waals surface area contributed by atoms with E-state index in [0.29, 0.717) is 11.4 Å². The van der Waals surface area contributed by atoms with Crippen molar-refractivity contribution >= 4 is 40.2 Å². The van der Waals surface area contributed by atoms with Crippen LogP contribution in [0.4, 0.5) is 16.2 Å².